The smallest absolute Gasteiger partial charge is 0.297 e. The molecule has 0 spiro atoms. The van der Waals surface area contributed by atoms with Gasteiger partial charge >= 0.3 is 5.69 Å². The molecule has 2 aromatic rings. The first-order chi connectivity index (χ1) is 9.40. The zero-order valence-corrected chi connectivity index (χ0v) is 12.5. The van der Waals surface area contributed by atoms with Crippen molar-refractivity contribution in [1.82, 2.24) is 9.55 Å². The van der Waals surface area contributed by atoms with Gasteiger partial charge in [-0.3, -0.25) is 14.3 Å². The maximum atomic E-state index is 12.5. The molecule has 0 aliphatic rings. The molecule has 0 aliphatic carbocycles. The standard InChI is InChI=1S/C15H17ClN2O2/c1-9(2)8-18-14(19)12(13(16)17-15(18)20)11-6-4-10(3)5-7-11/h4-7,9H,8H2,1-3H3,(H,17,20). The Kier molecular flexibility index (Phi) is 4.14. The molecule has 0 aliphatic heterocycles. The van der Waals surface area contributed by atoms with Gasteiger partial charge in [0.1, 0.15) is 5.15 Å². The summed E-state index contributed by atoms with van der Waals surface area (Å²) in [5.41, 5.74) is 1.32. The predicted molar refractivity (Wildman–Crippen MR) is 81.3 cm³/mol. The maximum absolute atomic E-state index is 12.5. The van der Waals surface area contributed by atoms with E-state index in [1.54, 1.807) is 0 Å². The van der Waals surface area contributed by atoms with Crippen LogP contribution in [0.2, 0.25) is 5.15 Å². The highest BCUT2D eigenvalue weighted by Crippen LogP contribution is 2.21. The van der Waals surface area contributed by atoms with E-state index >= 15 is 0 Å². The number of hydrogen-bond acceptors (Lipinski definition) is 2. The zero-order valence-electron chi connectivity index (χ0n) is 11.7. The third kappa shape index (κ3) is 2.85. The highest BCUT2D eigenvalue weighted by Gasteiger charge is 2.15. The van der Waals surface area contributed by atoms with Crippen molar-refractivity contribution in [2.24, 2.45) is 5.92 Å². The second-order valence-electron chi connectivity index (χ2n) is 5.29. The van der Waals surface area contributed by atoms with Crippen LogP contribution in [-0.4, -0.2) is 9.55 Å². The molecule has 1 aromatic carbocycles. The number of aromatic amines is 1. The van der Waals surface area contributed by atoms with Gasteiger partial charge in [0.25, 0.3) is 5.56 Å². The first-order valence-electron chi connectivity index (χ1n) is 6.49. The summed E-state index contributed by atoms with van der Waals surface area (Å²) >= 11 is 6.05. The van der Waals surface area contributed by atoms with Crippen molar-refractivity contribution >= 4 is 11.6 Å². The van der Waals surface area contributed by atoms with Crippen molar-refractivity contribution in [1.29, 1.82) is 0 Å². The molecule has 0 saturated heterocycles. The van der Waals surface area contributed by atoms with Gasteiger partial charge < -0.3 is 0 Å². The Hall–Kier alpha value is -1.81. The molecular formula is C15H17ClN2O2. The molecule has 2 rings (SSSR count). The van der Waals surface area contributed by atoms with Crippen LogP contribution in [0.1, 0.15) is 19.4 Å². The van der Waals surface area contributed by atoms with Crippen LogP contribution in [-0.2, 0) is 6.54 Å². The van der Waals surface area contributed by atoms with Crippen molar-refractivity contribution in [3.8, 4) is 11.1 Å². The summed E-state index contributed by atoms with van der Waals surface area (Å²) in [6.45, 7) is 6.23. The van der Waals surface area contributed by atoms with Gasteiger partial charge in [0.15, 0.2) is 0 Å². The Morgan fingerprint density at radius 1 is 1.20 bits per heavy atom. The first kappa shape index (κ1) is 14.6. The van der Waals surface area contributed by atoms with Crippen molar-refractivity contribution in [2.75, 3.05) is 0 Å². The molecule has 0 unspecified atom stereocenters. The molecule has 1 N–H and O–H groups in total. The van der Waals surface area contributed by atoms with Crippen LogP contribution < -0.4 is 11.2 Å². The molecule has 5 heteroatoms. The highest BCUT2D eigenvalue weighted by molar-refractivity contribution is 6.32. The van der Waals surface area contributed by atoms with Gasteiger partial charge in [0.05, 0.1) is 5.56 Å². The molecular weight excluding hydrogens is 276 g/mol. The Balaban J connectivity index is 2.67. The molecule has 1 aromatic heterocycles. The lowest BCUT2D eigenvalue weighted by Gasteiger charge is -2.11. The second-order valence-corrected chi connectivity index (χ2v) is 5.67. The molecule has 4 nitrogen and oxygen atoms in total. The average molecular weight is 293 g/mol. The number of hydrogen-bond donors (Lipinski definition) is 1. The van der Waals surface area contributed by atoms with Crippen LogP contribution >= 0.6 is 11.6 Å². The van der Waals surface area contributed by atoms with E-state index in [4.69, 9.17) is 11.6 Å². The van der Waals surface area contributed by atoms with E-state index in [0.717, 1.165) is 5.56 Å². The largest absolute Gasteiger partial charge is 0.329 e. The minimum Gasteiger partial charge on any atom is -0.297 e. The number of halogens is 1. The van der Waals surface area contributed by atoms with Crippen LogP contribution in [0, 0.1) is 12.8 Å². The lowest BCUT2D eigenvalue weighted by atomic mass is 10.1. The number of benzene rings is 1. The summed E-state index contributed by atoms with van der Waals surface area (Å²) in [6, 6.07) is 7.47. The van der Waals surface area contributed by atoms with E-state index in [0.29, 0.717) is 17.7 Å². The Bertz CT molecular complexity index is 727. The quantitative estimate of drug-likeness (QED) is 0.885. The van der Waals surface area contributed by atoms with Crippen LogP contribution in [0.3, 0.4) is 0 Å². The van der Waals surface area contributed by atoms with Crippen LogP contribution in [0.25, 0.3) is 11.1 Å². The molecule has 0 fully saturated rings. The van der Waals surface area contributed by atoms with Crippen molar-refractivity contribution in [3.05, 3.63) is 55.8 Å². The van der Waals surface area contributed by atoms with Gasteiger partial charge in [0, 0.05) is 6.54 Å². The Morgan fingerprint density at radius 3 is 2.35 bits per heavy atom. The maximum Gasteiger partial charge on any atom is 0.329 e. The van der Waals surface area contributed by atoms with Crippen LogP contribution in [0.4, 0.5) is 0 Å². The fourth-order valence-electron chi connectivity index (χ4n) is 2.05. The number of H-pyrrole nitrogens is 1. The lowest BCUT2D eigenvalue weighted by Crippen LogP contribution is -2.37. The number of nitrogens with one attached hydrogen (secondary N) is 1. The van der Waals surface area contributed by atoms with Crippen molar-refractivity contribution in [2.45, 2.75) is 27.3 Å². The minimum absolute atomic E-state index is 0.0869. The van der Waals surface area contributed by atoms with Crippen LogP contribution in [0.15, 0.2) is 33.9 Å². The summed E-state index contributed by atoms with van der Waals surface area (Å²) in [5, 5.41) is 0.0869. The monoisotopic (exact) mass is 292 g/mol. The van der Waals surface area contributed by atoms with Crippen molar-refractivity contribution in [3.63, 3.8) is 0 Å². The van der Waals surface area contributed by atoms with E-state index in [-0.39, 0.29) is 16.6 Å². The summed E-state index contributed by atoms with van der Waals surface area (Å²) in [5.74, 6) is 0.195. The van der Waals surface area contributed by atoms with E-state index in [1.165, 1.54) is 4.57 Å². The summed E-state index contributed by atoms with van der Waals surface area (Å²) in [7, 11) is 0. The summed E-state index contributed by atoms with van der Waals surface area (Å²) in [4.78, 5) is 26.9. The zero-order chi connectivity index (χ0) is 14.9. The molecule has 0 amide bonds. The van der Waals surface area contributed by atoms with Gasteiger partial charge in [-0.25, -0.2) is 4.79 Å². The van der Waals surface area contributed by atoms with E-state index in [2.05, 4.69) is 4.98 Å². The molecule has 0 atom stereocenters. The molecule has 0 bridgehead atoms. The fourth-order valence-corrected chi connectivity index (χ4v) is 2.32. The third-order valence-electron chi connectivity index (χ3n) is 3.03. The number of rotatable bonds is 3. The summed E-state index contributed by atoms with van der Waals surface area (Å²) < 4.78 is 1.20. The van der Waals surface area contributed by atoms with Crippen LogP contribution in [0.5, 0.6) is 0 Å². The highest BCUT2D eigenvalue weighted by atomic mass is 35.5. The van der Waals surface area contributed by atoms with E-state index in [1.807, 2.05) is 45.0 Å². The normalized spacial score (nSPS) is 11.1. The van der Waals surface area contributed by atoms with Gasteiger partial charge in [-0.2, -0.15) is 0 Å². The van der Waals surface area contributed by atoms with Crippen molar-refractivity contribution < 1.29 is 0 Å². The molecule has 1 heterocycles. The number of nitrogens with zero attached hydrogens (tertiary/aromatic N) is 1. The molecule has 0 radical (unpaired) electrons. The summed E-state index contributed by atoms with van der Waals surface area (Å²) in [6.07, 6.45) is 0. The van der Waals surface area contributed by atoms with Gasteiger partial charge in [0.2, 0.25) is 0 Å². The fraction of sp³-hybridized carbons (Fsp3) is 0.333. The topological polar surface area (TPSA) is 54.9 Å². The predicted octanol–water partition coefficient (Wildman–Crippen LogP) is 2.82. The van der Waals surface area contributed by atoms with E-state index in [9.17, 15) is 9.59 Å². The van der Waals surface area contributed by atoms with Gasteiger partial charge in [-0.15, -0.1) is 0 Å². The van der Waals surface area contributed by atoms with E-state index < -0.39 is 5.69 Å². The SMILES string of the molecule is Cc1ccc(-c2c(Cl)[nH]c(=O)n(CC(C)C)c2=O)cc1. The van der Waals surface area contributed by atoms with Gasteiger partial charge in [-0.05, 0) is 18.4 Å². The third-order valence-corrected chi connectivity index (χ3v) is 3.31. The number of aromatic nitrogens is 2. The molecule has 20 heavy (non-hydrogen) atoms. The second kappa shape index (κ2) is 5.67. The average Bonchev–Trinajstić information content (AvgIpc) is 2.36. The number of aryl methyl sites for hydroxylation is 1. The first-order valence-corrected chi connectivity index (χ1v) is 6.87. The minimum atomic E-state index is -0.468. The Morgan fingerprint density at radius 2 is 1.80 bits per heavy atom. The molecule has 106 valence electrons. The molecule has 0 saturated carbocycles. The van der Waals surface area contributed by atoms with Gasteiger partial charge in [-0.1, -0.05) is 55.3 Å². The lowest BCUT2D eigenvalue weighted by molar-refractivity contribution is 0.493. The Labute approximate surface area is 122 Å².